The first-order chi connectivity index (χ1) is 12.6. The molecule has 27 heavy (non-hydrogen) atoms. The Labute approximate surface area is 182 Å². The average Bonchev–Trinajstić information content (AvgIpc) is 2.66. The van der Waals surface area contributed by atoms with E-state index >= 15 is 0 Å². The van der Waals surface area contributed by atoms with Crippen molar-refractivity contribution in [2.45, 2.75) is 71.7 Å². The zero-order valence-corrected chi connectivity index (χ0v) is 19.4. The summed E-state index contributed by atoms with van der Waals surface area (Å²) in [4.78, 5) is 7.20. The molecule has 1 aromatic rings. The third-order valence-corrected chi connectivity index (χ3v) is 5.09. The van der Waals surface area contributed by atoms with Crippen LogP contribution in [0.25, 0.3) is 0 Å². The molecular weight excluding hydrogens is 451 g/mol. The van der Waals surface area contributed by atoms with Gasteiger partial charge in [-0.15, -0.1) is 24.0 Å². The number of aliphatic imine (C=N–C) groups is 1. The number of nitrogens with one attached hydrogen (secondary N) is 2. The van der Waals surface area contributed by atoms with Gasteiger partial charge in [0, 0.05) is 19.1 Å². The summed E-state index contributed by atoms with van der Waals surface area (Å²) in [7, 11) is 0. The maximum Gasteiger partial charge on any atom is 0.191 e. The van der Waals surface area contributed by atoms with Crippen LogP contribution in [0.2, 0.25) is 0 Å². The minimum Gasteiger partial charge on any atom is -0.393 e. The van der Waals surface area contributed by atoms with Crippen molar-refractivity contribution >= 4 is 29.9 Å². The molecule has 0 spiro atoms. The van der Waals surface area contributed by atoms with Crippen LogP contribution in [0.5, 0.6) is 0 Å². The molecule has 0 saturated heterocycles. The van der Waals surface area contributed by atoms with E-state index in [9.17, 15) is 5.11 Å². The fourth-order valence-corrected chi connectivity index (χ4v) is 3.44. The summed E-state index contributed by atoms with van der Waals surface area (Å²) in [5.74, 6) is 0.878. The van der Waals surface area contributed by atoms with Crippen LogP contribution in [0.1, 0.15) is 57.6 Å². The van der Waals surface area contributed by atoms with Gasteiger partial charge >= 0.3 is 0 Å². The molecule has 3 N–H and O–H groups in total. The highest BCUT2D eigenvalue weighted by atomic mass is 127. The molecule has 0 aliphatic heterocycles. The lowest BCUT2D eigenvalue weighted by molar-refractivity contribution is 0.120. The second kappa shape index (κ2) is 13.3. The standard InChI is InChI=1S/C21H36N4O.HI/c1-4-22-21(24-19-10-12-20(26)13-11-19)23-15-17-8-7-9-18(14-17)16-25(5-2)6-3;/h7-9,14,19-20,26H,4-6,10-13,15-16H2,1-3H3,(H2,22,23,24);1H. The first-order valence-electron chi connectivity index (χ1n) is 10.2. The lowest BCUT2D eigenvalue weighted by atomic mass is 9.93. The van der Waals surface area contributed by atoms with E-state index in [4.69, 9.17) is 4.99 Å². The molecule has 6 heteroatoms. The maximum absolute atomic E-state index is 9.66. The van der Waals surface area contributed by atoms with Gasteiger partial charge in [0.05, 0.1) is 12.6 Å². The van der Waals surface area contributed by atoms with Crippen molar-refractivity contribution in [1.29, 1.82) is 0 Å². The molecular formula is C21H37IN4O. The zero-order chi connectivity index (χ0) is 18.8. The van der Waals surface area contributed by atoms with Crippen LogP contribution in [0.3, 0.4) is 0 Å². The first kappa shape index (κ1) is 24.2. The van der Waals surface area contributed by atoms with E-state index in [-0.39, 0.29) is 30.1 Å². The third-order valence-electron chi connectivity index (χ3n) is 5.09. The molecule has 154 valence electrons. The van der Waals surface area contributed by atoms with Gasteiger partial charge in [0.25, 0.3) is 0 Å². The number of hydrogen-bond acceptors (Lipinski definition) is 3. The average molecular weight is 488 g/mol. The predicted molar refractivity (Wildman–Crippen MR) is 125 cm³/mol. The van der Waals surface area contributed by atoms with Gasteiger partial charge in [-0.25, -0.2) is 4.99 Å². The van der Waals surface area contributed by atoms with E-state index in [0.717, 1.165) is 57.8 Å². The van der Waals surface area contributed by atoms with Crippen molar-refractivity contribution in [3.63, 3.8) is 0 Å². The predicted octanol–water partition coefficient (Wildman–Crippen LogP) is 3.51. The number of halogens is 1. The van der Waals surface area contributed by atoms with Gasteiger partial charge in [-0.2, -0.15) is 0 Å². The molecule has 2 rings (SSSR count). The minimum atomic E-state index is -0.124. The summed E-state index contributed by atoms with van der Waals surface area (Å²) < 4.78 is 0. The third kappa shape index (κ3) is 8.79. The Bertz CT molecular complexity index is 555. The number of benzene rings is 1. The van der Waals surface area contributed by atoms with E-state index in [1.807, 2.05) is 0 Å². The second-order valence-corrected chi connectivity index (χ2v) is 7.13. The van der Waals surface area contributed by atoms with E-state index in [1.165, 1.54) is 11.1 Å². The fraction of sp³-hybridized carbons (Fsp3) is 0.667. The van der Waals surface area contributed by atoms with Gasteiger partial charge in [-0.3, -0.25) is 4.90 Å². The van der Waals surface area contributed by atoms with Gasteiger partial charge in [-0.1, -0.05) is 38.1 Å². The SMILES string of the molecule is CCNC(=NCc1cccc(CN(CC)CC)c1)NC1CCC(O)CC1.I. The lowest BCUT2D eigenvalue weighted by Crippen LogP contribution is -2.45. The molecule has 1 aliphatic rings. The molecule has 0 heterocycles. The van der Waals surface area contributed by atoms with Gasteiger partial charge in [-0.05, 0) is 56.8 Å². The van der Waals surface area contributed by atoms with Gasteiger partial charge < -0.3 is 15.7 Å². The largest absolute Gasteiger partial charge is 0.393 e. The number of guanidine groups is 1. The molecule has 0 aromatic heterocycles. The highest BCUT2D eigenvalue weighted by Crippen LogP contribution is 2.18. The van der Waals surface area contributed by atoms with Crippen LogP contribution in [-0.4, -0.2) is 47.7 Å². The Hall–Kier alpha value is -0.860. The van der Waals surface area contributed by atoms with Crippen LogP contribution in [0.4, 0.5) is 0 Å². The summed E-state index contributed by atoms with van der Waals surface area (Å²) in [6.45, 7) is 11.2. The highest BCUT2D eigenvalue weighted by molar-refractivity contribution is 14.0. The quantitative estimate of drug-likeness (QED) is 0.298. The van der Waals surface area contributed by atoms with Crippen LogP contribution >= 0.6 is 24.0 Å². The Balaban J connectivity index is 0.00000364. The van der Waals surface area contributed by atoms with Crippen molar-refractivity contribution in [3.05, 3.63) is 35.4 Å². The van der Waals surface area contributed by atoms with Crippen molar-refractivity contribution in [2.24, 2.45) is 4.99 Å². The number of nitrogens with zero attached hydrogens (tertiary/aromatic N) is 2. The summed E-state index contributed by atoms with van der Waals surface area (Å²) in [6.07, 6.45) is 3.64. The number of hydrogen-bond donors (Lipinski definition) is 3. The van der Waals surface area contributed by atoms with E-state index in [1.54, 1.807) is 0 Å². The van der Waals surface area contributed by atoms with E-state index < -0.39 is 0 Å². The molecule has 0 atom stereocenters. The monoisotopic (exact) mass is 488 g/mol. The van der Waals surface area contributed by atoms with Crippen LogP contribution in [0, 0.1) is 0 Å². The summed E-state index contributed by atoms with van der Waals surface area (Å²) in [5.41, 5.74) is 2.59. The maximum atomic E-state index is 9.66. The molecule has 0 amide bonds. The van der Waals surface area contributed by atoms with Crippen molar-refractivity contribution in [2.75, 3.05) is 19.6 Å². The zero-order valence-electron chi connectivity index (χ0n) is 17.1. The summed E-state index contributed by atoms with van der Waals surface area (Å²) in [5, 5.41) is 16.5. The van der Waals surface area contributed by atoms with Crippen molar-refractivity contribution in [3.8, 4) is 0 Å². The van der Waals surface area contributed by atoms with Gasteiger partial charge in [0.2, 0.25) is 0 Å². The summed E-state index contributed by atoms with van der Waals surface area (Å²) in [6, 6.07) is 9.15. The second-order valence-electron chi connectivity index (χ2n) is 7.13. The number of aliphatic hydroxyl groups is 1. The Morgan fingerprint density at radius 1 is 1.11 bits per heavy atom. The molecule has 1 aliphatic carbocycles. The Kier molecular flexibility index (Phi) is 11.9. The lowest BCUT2D eigenvalue weighted by Gasteiger charge is -2.27. The van der Waals surface area contributed by atoms with Gasteiger partial charge in [0.1, 0.15) is 0 Å². The smallest absolute Gasteiger partial charge is 0.191 e. The first-order valence-corrected chi connectivity index (χ1v) is 10.2. The molecule has 1 saturated carbocycles. The highest BCUT2D eigenvalue weighted by Gasteiger charge is 2.19. The molecule has 5 nitrogen and oxygen atoms in total. The number of aliphatic hydroxyl groups excluding tert-OH is 1. The minimum absolute atomic E-state index is 0. The fourth-order valence-electron chi connectivity index (χ4n) is 3.44. The topological polar surface area (TPSA) is 59.9 Å². The Morgan fingerprint density at radius 3 is 2.41 bits per heavy atom. The van der Waals surface area contributed by atoms with Crippen molar-refractivity contribution in [1.82, 2.24) is 15.5 Å². The van der Waals surface area contributed by atoms with E-state index in [0.29, 0.717) is 12.6 Å². The van der Waals surface area contributed by atoms with Crippen molar-refractivity contribution < 1.29 is 5.11 Å². The normalized spacial score (nSPS) is 20.3. The van der Waals surface area contributed by atoms with Gasteiger partial charge in [0.15, 0.2) is 5.96 Å². The molecule has 0 unspecified atom stereocenters. The van der Waals surface area contributed by atoms with E-state index in [2.05, 4.69) is 60.6 Å². The molecule has 0 bridgehead atoms. The number of rotatable bonds is 8. The summed E-state index contributed by atoms with van der Waals surface area (Å²) >= 11 is 0. The van der Waals surface area contributed by atoms with Crippen LogP contribution in [0.15, 0.2) is 29.3 Å². The molecule has 1 fully saturated rings. The molecule has 0 radical (unpaired) electrons. The molecule has 1 aromatic carbocycles. The van der Waals surface area contributed by atoms with Crippen LogP contribution < -0.4 is 10.6 Å². The Morgan fingerprint density at radius 2 is 1.78 bits per heavy atom. The van der Waals surface area contributed by atoms with Crippen LogP contribution in [-0.2, 0) is 13.1 Å².